The Hall–Kier alpha value is -2.61. The summed E-state index contributed by atoms with van der Waals surface area (Å²) in [6.45, 7) is 7.97. The summed E-state index contributed by atoms with van der Waals surface area (Å²) in [5, 5.41) is 12.5. The SMILES string of the molecule is CCN(CC)c1ncnc(N2CCN(c3cccc(Cl)c3)CC2)c1[N+](=O)[O-]. The van der Waals surface area contributed by atoms with Gasteiger partial charge in [-0.1, -0.05) is 17.7 Å². The van der Waals surface area contributed by atoms with E-state index in [1.165, 1.54) is 6.33 Å². The van der Waals surface area contributed by atoms with Crippen LogP contribution in [0, 0.1) is 10.1 Å². The predicted molar refractivity (Wildman–Crippen MR) is 108 cm³/mol. The predicted octanol–water partition coefficient (Wildman–Crippen LogP) is 3.21. The number of nitrogens with zero attached hydrogens (tertiary/aromatic N) is 6. The van der Waals surface area contributed by atoms with Crippen molar-refractivity contribution < 1.29 is 4.92 Å². The number of rotatable bonds is 6. The highest BCUT2D eigenvalue weighted by atomic mass is 35.5. The summed E-state index contributed by atoms with van der Waals surface area (Å²) >= 11 is 6.09. The molecule has 27 heavy (non-hydrogen) atoms. The molecule has 2 heterocycles. The molecule has 1 saturated heterocycles. The van der Waals surface area contributed by atoms with Gasteiger partial charge in [-0.25, -0.2) is 9.97 Å². The van der Waals surface area contributed by atoms with Crippen LogP contribution < -0.4 is 14.7 Å². The molecule has 0 saturated carbocycles. The topological polar surface area (TPSA) is 78.6 Å². The van der Waals surface area contributed by atoms with Gasteiger partial charge in [-0.15, -0.1) is 0 Å². The van der Waals surface area contributed by atoms with Gasteiger partial charge in [0, 0.05) is 50.0 Å². The fourth-order valence-electron chi connectivity index (χ4n) is 3.36. The van der Waals surface area contributed by atoms with E-state index in [-0.39, 0.29) is 10.6 Å². The highest BCUT2D eigenvalue weighted by molar-refractivity contribution is 6.30. The molecular weight excluding hydrogens is 368 g/mol. The van der Waals surface area contributed by atoms with E-state index in [0.29, 0.717) is 42.8 Å². The second-order valence-electron chi connectivity index (χ2n) is 6.25. The van der Waals surface area contributed by atoms with Crippen molar-refractivity contribution in [2.24, 2.45) is 0 Å². The molecule has 1 aliphatic heterocycles. The first-order valence-corrected chi connectivity index (χ1v) is 9.42. The first kappa shape index (κ1) is 19.2. The molecule has 0 amide bonds. The van der Waals surface area contributed by atoms with E-state index in [2.05, 4.69) is 14.9 Å². The Morgan fingerprint density at radius 1 is 1.15 bits per heavy atom. The fraction of sp³-hybridized carbons (Fsp3) is 0.444. The van der Waals surface area contributed by atoms with E-state index in [4.69, 9.17) is 11.6 Å². The third-order valence-corrected chi connectivity index (χ3v) is 5.02. The summed E-state index contributed by atoms with van der Waals surface area (Å²) in [6, 6.07) is 7.73. The average molecular weight is 391 g/mol. The maximum Gasteiger partial charge on any atom is 0.353 e. The average Bonchev–Trinajstić information content (AvgIpc) is 2.69. The van der Waals surface area contributed by atoms with Gasteiger partial charge >= 0.3 is 5.69 Å². The molecule has 0 spiro atoms. The number of anilines is 3. The zero-order chi connectivity index (χ0) is 19.4. The van der Waals surface area contributed by atoms with Crippen LogP contribution in [0.4, 0.5) is 23.0 Å². The van der Waals surface area contributed by atoms with Gasteiger partial charge in [0.2, 0.25) is 11.6 Å². The minimum atomic E-state index is -0.369. The van der Waals surface area contributed by atoms with Crippen LogP contribution >= 0.6 is 11.6 Å². The molecule has 0 N–H and O–H groups in total. The van der Waals surface area contributed by atoms with Crippen LogP contribution in [-0.2, 0) is 0 Å². The summed E-state index contributed by atoms with van der Waals surface area (Å²) in [4.78, 5) is 25.9. The minimum absolute atomic E-state index is 0.0163. The van der Waals surface area contributed by atoms with Crippen LogP contribution in [0.2, 0.25) is 5.02 Å². The minimum Gasteiger partial charge on any atom is -0.368 e. The molecule has 0 radical (unpaired) electrons. The standard InChI is InChI=1S/C18H23ClN6O2/c1-3-22(4-2)17-16(25(26)27)18(21-13-20-17)24-10-8-23(9-11-24)15-7-5-6-14(19)12-15/h5-7,12-13H,3-4,8-11H2,1-2H3. The largest absolute Gasteiger partial charge is 0.368 e. The van der Waals surface area contributed by atoms with Crippen molar-refractivity contribution >= 4 is 34.6 Å². The Morgan fingerprint density at radius 2 is 1.81 bits per heavy atom. The van der Waals surface area contributed by atoms with Crippen molar-refractivity contribution in [3.05, 3.63) is 45.7 Å². The number of piperazine rings is 1. The highest BCUT2D eigenvalue weighted by Gasteiger charge is 2.31. The molecule has 2 aromatic rings. The number of aromatic nitrogens is 2. The van der Waals surface area contributed by atoms with Gasteiger partial charge in [-0.2, -0.15) is 0 Å². The van der Waals surface area contributed by atoms with Gasteiger partial charge in [-0.3, -0.25) is 10.1 Å². The molecule has 3 rings (SSSR count). The summed E-state index contributed by atoms with van der Waals surface area (Å²) < 4.78 is 0. The van der Waals surface area contributed by atoms with E-state index in [1.807, 2.05) is 47.9 Å². The molecule has 8 nitrogen and oxygen atoms in total. The molecule has 9 heteroatoms. The van der Waals surface area contributed by atoms with Crippen molar-refractivity contribution in [1.82, 2.24) is 9.97 Å². The third kappa shape index (κ3) is 4.05. The molecule has 1 fully saturated rings. The van der Waals surface area contributed by atoms with Gasteiger partial charge in [0.15, 0.2) is 0 Å². The lowest BCUT2D eigenvalue weighted by molar-refractivity contribution is -0.383. The van der Waals surface area contributed by atoms with Crippen LogP contribution in [0.3, 0.4) is 0 Å². The van der Waals surface area contributed by atoms with Gasteiger partial charge < -0.3 is 14.7 Å². The number of nitro groups is 1. The van der Waals surface area contributed by atoms with Crippen LogP contribution in [0.5, 0.6) is 0 Å². The molecule has 0 bridgehead atoms. The van der Waals surface area contributed by atoms with Crippen molar-refractivity contribution in [2.75, 3.05) is 54.0 Å². The third-order valence-electron chi connectivity index (χ3n) is 4.78. The van der Waals surface area contributed by atoms with Crippen LogP contribution in [0.25, 0.3) is 0 Å². The van der Waals surface area contributed by atoms with Crippen molar-refractivity contribution in [3.8, 4) is 0 Å². The lowest BCUT2D eigenvalue weighted by Crippen LogP contribution is -2.47. The number of benzene rings is 1. The van der Waals surface area contributed by atoms with E-state index < -0.39 is 0 Å². The van der Waals surface area contributed by atoms with Gasteiger partial charge in [0.05, 0.1) is 4.92 Å². The number of hydrogen-bond donors (Lipinski definition) is 0. The summed E-state index contributed by atoms with van der Waals surface area (Å²) in [5.41, 5.74) is 1.04. The summed E-state index contributed by atoms with van der Waals surface area (Å²) in [5.74, 6) is 0.773. The second-order valence-corrected chi connectivity index (χ2v) is 6.69. The van der Waals surface area contributed by atoms with Crippen molar-refractivity contribution in [2.45, 2.75) is 13.8 Å². The lowest BCUT2D eigenvalue weighted by Gasteiger charge is -2.36. The smallest absolute Gasteiger partial charge is 0.353 e. The Kier molecular flexibility index (Phi) is 5.95. The first-order valence-electron chi connectivity index (χ1n) is 9.05. The van der Waals surface area contributed by atoms with E-state index >= 15 is 0 Å². The Bertz CT molecular complexity index is 806. The normalized spacial score (nSPS) is 14.3. The molecule has 0 aliphatic carbocycles. The van der Waals surface area contributed by atoms with E-state index in [1.54, 1.807) is 0 Å². The quantitative estimate of drug-likeness (QED) is 0.553. The van der Waals surface area contributed by atoms with E-state index in [0.717, 1.165) is 18.8 Å². The number of halogens is 1. The lowest BCUT2D eigenvalue weighted by atomic mass is 10.2. The van der Waals surface area contributed by atoms with Gasteiger partial charge in [-0.05, 0) is 32.0 Å². The Balaban J connectivity index is 1.83. The molecule has 1 aliphatic rings. The monoisotopic (exact) mass is 390 g/mol. The summed E-state index contributed by atoms with van der Waals surface area (Å²) in [7, 11) is 0. The highest BCUT2D eigenvalue weighted by Crippen LogP contribution is 2.34. The van der Waals surface area contributed by atoms with Gasteiger partial charge in [0.25, 0.3) is 0 Å². The van der Waals surface area contributed by atoms with Crippen LogP contribution in [0.1, 0.15) is 13.8 Å². The zero-order valence-corrected chi connectivity index (χ0v) is 16.3. The zero-order valence-electron chi connectivity index (χ0n) is 15.5. The Morgan fingerprint density at radius 3 is 2.41 bits per heavy atom. The second kappa shape index (κ2) is 8.39. The first-order chi connectivity index (χ1) is 13.0. The van der Waals surface area contributed by atoms with Crippen molar-refractivity contribution in [1.29, 1.82) is 0 Å². The van der Waals surface area contributed by atoms with Crippen LogP contribution in [0.15, 0.2) is 30.6 Å². The molecule has 0 unspecified atom stereocenters. The van der Waals surface area contributed by atoms with Crippen molar-refractivity contribution in [3.63, 3.8) is 0 Å². The fourth-order valence-corrected chi connectivity index (χ4v) is 3.54. The molecule has 1 aromatic heterocycles. The van der Waals surface area contributed by atoms with E-state index in [9.17, 15) is 10.1 Å². The summed E-state index contributed by atoms with van der Waals surface area (Å²) in [6.07, 6.45) is 1.42. The number of hydrogen-bond acceptors (Lipinski definition) is 7. The molecular formula is C18H23ClN6O2. The van der Waals surface area contributed by atoms with Crippen LogP contribution in [-0.4, -0.2) is 54.2 Å². The molecule has 1 aromatic carbocycles. The maximum atomic E-state index is 11.8. The maximum absolute atomic E-state index is 11.8. The van der Waals surface area contributed by atoms with Gasteiger partial charge in [0.1, 0.15) is 6.33 Å². The molecule has 144 valence electrons. The molecule has 0 atom stereocenters. The Labute approximate surface area is 163 Å².